The molecular weight excluding hydrogens is 336 g/mol. The lowest BCUT2D eigenvalue weighted by atomic mass is 10.2. The van der Waals surface area contributed by atoms with E-state index in [4.69, 9.17) is 0 Å². The van der Waals surface area contributed by atoms with Crippen LogP contribution in [0.4, 0.5) is 5.13 Å². The molecule has 0 bridgehead atoms. The number of amides is 1. The SMILES string of the molecule is CN1CCc2nc(N/C=C(/C#N)C(=O)NCc3cccnc3)sc2C1. The van der Waals surface area contributed by atoms with Crippen LogP contribution in [0.1, 0.15) is 16.1 Å². The summed E-state index contributed by atoms with van der Waals surface area (Å²) in [6.07, 6.45) is 5.67. The molecule has 3 rings (SSSR count). The number of thiazole rings is 1. The Morgan fingerprint density at radius 3 is 3.20 bits per heavy atom. The van der Waals surface area contributed by atoms with Crippen LogP contribution in [0.2, 0.25) is 0 Å². The highest BCUT2D eigenvalue weighted by molar-refractivity contribution is 7.15. The number of carbonyl (C=O) groups excluding carboxylic acids is 1. The van der Waals surface area contributed by atoms with Crippen molar-refractivity contribution >= 4 is 22.4 Å². The molecule has 1 aliphatic rings. The molecule has 0 spiro atoms. The first kappa shape index (κ1) is 17.1. The van der Waals surface area contributed by atoms with Gasteiger partial charge in [-0.2, -0.15) is 5.26 Å². The van der Waals surface area contributed by atoms with Gasteiger partial charge in [-0.15, -0.1) is 11.3 Å². The van der Waals surface area contributed by atoms with Crippen molar-refractivity contribution in [2.24, 2.45) is 0 Å². The third kappa shape index (κ3) is 4.41. The van der Waals surface area contributed by atoms with E-state index in [9.17, 15) is 10.1 Å². The summed E-state index contributed by atoms with van der Waals surface area (Å²) in [5, 5.41) is 15.6. The van der Waals surface area contributed by atoms with Crippen molar-refractivity contribution in [3.8, 4) is 6.07 Å². The average molecular weight is 354 g/mol. The highest BCUT2D eigenvalue weighted by atomic mass is 32.1. The summed E-state index contributed by atoms with van der Waals surface area (Å²) < 4.78 is 0. The predicted molar refractivity (Wildman–Crippen MR) is 95.6 cm³/mol. The molecule has 1 amide bonds. The molecule has 0 fully saturated rings. The van der Waals surface area contributed by atoms with Crippen LogP contribution in [0.15, 0.2) is 36.3 Å². The number of nitriles is 1. The number of pyridine rings is 1. The van der Waals surface area contributed by atoms with E-state index >= 15 is 0 Å². The third-order valence-corrected chi connectivity index (χ3v) is 4.82. The van der Waals surface area contributed by atoms with Gasteiger partial charge in [-0.1, -0.05) is 6.07 Å². The minimum absolute atomic E-state index is 0.00850. The summed E-state index contributed by atoms with van der Waals surface area (Å²) in [5.74, 6) is -0.431. The van der Waals surface area contributed by atoms with Crippen LogP contribution >= 0.6 is 11.3 Å². The van der Waals surface area contributed by atoms with E-state index in [1.54, 1.807) is 29.8 Å². The molecule has 0 saturated carbocycles. The quantitative estimate of drug-likeness (QED) is 0.626. The molecule has 0 unspecified atom stereocenters. The molecule has 3 heterocycles. The van der Waals surface area contributed by atoms with Gasteiger partial charge in [0.2, 0.25) is 0 Å². The van der Waals surface area contributed by atoms with E-state index in [1.807, 2.05) is 12.1 Å². The molecular formula is C17H18N6OS. The Kier molecular flexibility index (Phi) is 5.38. The Balaban J connectivity index is 1.61. The van der Waals surface area contributed by atoms with Crippen LogP contribution in [0.3, 0.4) is 0 Å². The zero-order chi connectivity index (χ0) is 17.6. The summed E-state index contributed by atoms with van der Waals surface area (Å²) in [5.41, 5.74) is 1.98. The molecule has 128 valence electrons. The van der Waals surface area contributed by atoms with Crippen LogP contribution in [0, 0.1) is 11.3 Å². The Morgan fingerprint density at radius 1 is 1.56 bits per heavy atom. The third-order valence-electron chi connectivity index (χ3n) is 3.80. The first-order valence-electron chi connectivity index (χ1n) is 7.86. The summed E-state index contributed by atoms with van der Waals surface area (Å²) in [7, 11) is 2.08. The molecule has 2 aromatic rings. The second kappa shape index (κ2) is 7.88. The van der Waals surface area contributed by atoms with Gasteiger partial charge in [0.05, 0.1) is 5.69 Å². The van der Waals surface area contributed by atoms with Crippen molar-refractivity contribution in [1.82, 2.24) is 20.2 Å². The fraction of sp³-hybridized carbons (Fsp3) is 0.294. The number of likely N-dealkylation sites (N-methyl/N-ethyl adjacent to an activating group) is 1. The molecule has 0 atom stereocenters. The zero-order valence-corrected chi connectivity index (χ0v) is 14.6. The Labute approximate surface area is 150 Å². The first-order chi connectivity index (χ1) is 12.2. The smallest absolute Gasteiger partial charge is 0.263 e. The normalized spacial score (nSPS) is 14.5. The van der Waals surface area contributed by atoms with Crippen LogP contribution in [-0.2, 0) is 24.3 Å². The van der Waals surface area contributed by atoms with E-state index in [0.29, 0.717) is 11.7 Å². The van der Waals surface area contributed by atoms with Crippen molar-refractivity contribution in [1.29, 1.82) is 5.26 Å². The van der Waals surface area contributed by atoms with Crippen molar-refractivity contribution in [2.75, 3.05) is 18.9 Å². The van der Waals surface area contributed by atoms with Gasteiger partial charge in [0.1, 0.15) is 11.6 Å². The number of hydrogen-bond donors (Lipinski definition) is 2. The number of carbonyl (C=O) groups is 1. The van der Waals surface area contributed by atoms with Gasteiger partial charge in [0.15, 0.2) is 5.13 Å². The van der Waals surface area contributed by atoms with Crippen LogP contribution in [0.5, 0.6) is 0 Å². The maximum atomic E-state index is 12.1. The first-order valence-corrected chi connectivity index (χ1v) is 8.68. The maximum absolute atomic E-state index is 12.1. The minimum Gasteiger partial charge on any atom is -0.347 e. The minimum atomic E-state index is -0.431. The Bertz CT molecular complexity index is 823. The highest BCUT2D eigenvalue weighted by Gasteiger charge is 2.18. The predicted octanol–water partition coefficient (Wildman–Crippen LogP) is 1.66. The summed E-state index contributed by atoms with van der Waals surface area (Å²) in [4.78, 5) is 24.1. The molecule has 8 heteroatoms. The monoisotopic (exact) mass is 354 g/mol. The van der Waals surface area contributed by atoms with E-state index in [-0.39, 0.29) is 5.57 Å². The molecule has 2 aromatic heterocycles. The van der Waals surface area contributed by atoms with E-state index < -0.39 is 5.91 Å². The fourth-order valence-corrected chi connectivity index (χ4v) is 3.51. The maximum Gasteiger partial charge on any atom is 0.263 e. The van der Waals surface area contributed by atoms with Crippen molar-refractivity contribution in [3.63, 3.8) is 0 Å². The standard InChI is InChI=1S/C17H18N6OS/c1-23-6-4-14-15(11-23)25-17(22-14)21-10-13(7-18)16(24)20-9-12-3-2-5-19-8-12/h2-3,5,8,10H,4,6,9,11H2,1H3,(H,20,24)(H,21,22)/b13-10-. The van der Waals surface area contributed by atoms with Gasteiger partial charge >= 0.3 is 0 Å². The number of nitrogens with one attached hydrogen (secondary N) is 2. The fourth-order valence-electron chi connectivity index (χ4n) is 2.45. The van der Waals surface area contributed by atoms with Gasteiger partial charge in [-0.05, 0) is 18.7 Å². The Hall–Kier alpha value is -2.76. The van der Waals surface area contributed by atoms with Gasteiger partial charge in [-0.3, -0.25) is 9.78 Å². The number of aromatic nitrogens is 2. The van der Waals surface area contributed by atoms with Crippen LogP contribution in [-0.4, -0.2) is 34.4 Å². The molecule has 1 aliphatic heterocycles. The lowest BCUT2D eigenvalue weighted by Gasteiger charge is -2.20. The zero-order valence-electron chi connectivity index (χ0n) is 13.8. The van der Waals surface area contributed by atoms with Crippen LogP contribution < -0.4 is 10.6 Å². The Morgan fingerprint density at radius 2 is 2.44 bits per heavy atom. The van der Waals surface area contributed by atoms with Gasteiger partial charge in [0, 0.05) is 49.5 Å². The topological polar surface area (TPSA) is 93.9 Å². The number of nitrogens with zero attached hydrogens (tertiary/aromatic N) is 4. The van der Waals surface area contributed by atoms with Crippen molar-refractivity contribution in [2.45, 2.75) is 19.5 Å². The van der Waals surface area contributed by atoms with Crippen molar-refractivity contribution in [3.05, 3.63) is 52.4 Å². The summed E-state index contributed by atoms with van der Waals surface area (Å²) >= 11 is 1.56. The number of hydrogen-bond acceptors (Lipinski definition) is 7. The van der Waals surface area contributed by atoms with E-state index in [2.05, 4.69) is 32.5 Å². The number of fused-ring (bicyclic) bond motifs is 1. The van der Waals surface area contributed by atoms with Gasteiger partial charge < -0.3 is 15.5 Å². The molecule has 25 heavy (non-hydrogen) atoms. The van der Waals surface area contributed by atoms with E-state index in [1.165, 1.54) is 11.1 Å². The largest absolute Gasteiger partial charge is 0.347 e. The summed E-state index contributed by atoms with van der Waals surface area (Å²) in [6.45, 7) is 2.20. The average Bonchev–Trinajstić information content (AvgIpc) is 3.03. The molecule has 0 saturated heterocycles. The molecule has 7 nitrogen and oxygen atoms in total. The number of anilines is 1. The number of rotatable bonds is 5. The lowest BCUT2D eigenvalue weighted by Crippen LogP contribution is -2.25. The van der Waals surface area contributed by atoms with Gasteiger partial charge in [-0.25, -0.2) is 4.98 Å². The molecule has 0 aliphatic carbocycles. The lowest BCUT2D eigenvalue weighted by molar-refractivity contribution is -0.117. The van der Waals surface area contributed by atoms with E-state index in [0.717, 1.165) is 30.8 Å². The van der Waals surface area contributed by atoms with Crippen LogP contribution in [0.25, 0.3) is 0 Å². The van der Waals surface area contributed by atoms with Crippen molar-refractivity contribution < 1.29 is 4.79 Å². The second-order valence-corrected chi connectivity index (χ2v) is 6.82. The second-order valence-electron chi connectivity index (χ2n) is 5.73. The highest BCUT2D eigenvalue weighted by Crippen LogP contribution is 2.27. The molecule has 0 aromatic carbocycles. The molecule has 2 N–H and O–H groups in total. The van der Waals surface area contributed by atoms with Gasteiger partial charge in [0.25, 0.3) is 5.91 Å². The summed E-state index contributed by atoms with van der Waals surface area (Å²) in [6, 6.07) is 5.57. The molecule has 0 radical (unpaired) electrons.